The number of benzene rings is 1. The maximum atomic E-state index is 12.1. The number of rotatable bonds is 3. The van der Waals surface area contributed by atoms with Crippen molar-refractivity contribution in [2.45, 2.75) is 13.0 Å². The van der Waals surface area contributed by atoms with E-state index in [4.69, 9.17) is 0 Å². The number of carbonyl (C=O) groups excluding carboxylic acids is 1. The van der Waals surface area contributed by atoms with Gasteiger partial charge in [0, 0.05) is 24.6 Å². The summed E-state index contributed by atoms with van der Waals surface area (Å²) in [4.78, 5) is 16.1. The molecule has 104 valence electrons. The molecule has 0 saturated carbocycles. The average molecular weight is 326 g/mol. The van der Waals surface area contributed by atoms with Crippen LogP contribution in [-0.2, 0) is 4.79 Å². The number of likely N-dealkylation sites (N-methyl/N-ethyl adjacent to an activating group) is 2. The van der Waals surface area contributed by atoms with Crippen molar-refractivity contribution in [1.82, 2.24) is 10.2 Å². The molecule has 0 aliphatic carbocycles. The number of anilines is 1. The molecule has 1 heterocycles. The molecule has 1 aromatic rings. The van der Waals surface area contributed by atoms with Crippen LogP contribution in [0.1, 0.15) is 5.56 Å². The van der Waals surface area contributed by atoms with E-state index in [1.54, 1.807) is 0 Å². The lowest BCUT2D eigenvalue weighted by atomic mass is 10.1. The van der Waals surface area contributed by atoms with Crippen molar-refractivity contribution >= 4 is 27.5 Å². The van der Waals surface area contributed by atoms with Crippen LogP contribution in [0.5, 0.6) is 0 Å². The molecular formula is C14H20BrN3O. The Kier molecular flexibility index (Phi) is 4.47. The molecule has 5 heteroatoms. The van der Waals surface area contributed by atoms with Gasteiger partial charge in [-0.15, -0.1) is 0 Å². The number of nitrogens with one attached hydrogen (secondary N) is 1. The third-order valence-corrected chi connectivity index (χ3v) is 4.22. The van der Waals surface area contributed by atoms with Gasteiger partial charge in [-0.3, -0.25) is 4.79 Å². The van der Waals surface area contributed by atoms with E-state index in [1.807, 2.05) is 19.0 Å². The standard InChI is InChI=1S/C14H20BrN3O/c1-10-4-5-13(12(15)6-10)18-8-11(7-16-2)17(3)14(19)9-18/h4-6,11,16H,7-9H2,1-3H3. The number of halogens is 1. The lowest BCUT2D eigenvalue weighted by molar-refractivity contribution is -0.131. The van der Waals surface area contributed by atoms with Crippen LogP contribution in [0.4, 0.5) is 5.69 Å². The van der Waals surface area contributed by atoms with Gasteiger partial charge >= 0.3 is 0 Å². The van der Waals surface area contributed by atoms with Crippen LogP contribution in [0, 0.1) is 6.92 Å². The summed E-state index contributed by atoms with van der Waals surface area (Å²) in [6.07, 6.45) is 0. The van der Waals surface area contributed by atoms with Gasteiger partial charge in [0.25, 0.3) is 0 Å². The molecule has 0 spiro atoms. The molecule has 1 fully saturated rings. The highest BCUT2D eigenvalue weighted by molar-refractivity contribution is 9.10. The average Bonchev–Trinajstić information content (AvgIpc) is 2.35. The number of piperazine rings is 1. The van der Waals surface area contributed by atoms with E-state index >= 15 is 0 Å². The third kappa shape index (κ3) is 3.09. The molecule has 19 heavy (non-hydrogen) atoms. The summed E-state index contributed by atoms with van der Waals surface area (Å²) in [6, 6.07) is 6.45. The highest BCUT2D eigenvalue weighted by atomic mass is 79.9. The summed E-state index contributed by atoms with van der Waals surface area (Å²) in [5.41, 5.74) is 2.30. The van der Waals surface area contributed by atoms with Crippen LogP contribution in [0.25, 0.3) is 0 Å². The first-order chi connectivity index (χ1) is 9.02. The Hall–Kier alpha value is -1.07. The van der Waals surface area contributed by atoms with Gasteiger partial charge in [0.2, 0.25) is 5.91 Å². The normalized spacial score (nSPS) is 20.0. The van der Waals surface area contributed by atoms with E-state index < -0.39 is 0 Å². The van der Waals surface area contributed by atoms with Crippen LogP contribution in [-0.4, -0.2) is 50.6 Å². The molecular weight excluding hydrogens is 306 g/mol. The van der Waals surface area contributed by atoms with E-state index in [2.05, 4.69) is 51.3 Å². The summed E-state index contributed by atoms with van der Waals surface area (Å²) in [6.45, 7) is 4.17. The number of amides is 1. The highest BCUT2D eigenvalue weighted by Crippen LogP contribution is 2.29. The Morgan fingerprint density at radius 3 is 2.84 bits per heavy atom. The maximum Gasteiger partial charge on any atom is 0.242 e. The number of carbonyl (C=O) groups is 1. The van der Waals surface area contributed by atoms with Crippen molar-refractivity contribution in [2.75, 3.05) is 38.6 Å². The first-order valence-electron chi connectivity index (χ1n) is 6.44. The highest BCUT2D eigenvalue weighted by Gasteiger charge is 2.30. The van der Waals surface area contributed by atoms with Gasteiger partial charge in [-0.1, -0.05) is 6.07 Å². The molecule has 0 radical (unpaired) electrons. The third-order valence-electron chi connectivity index (χ3n) is 3.58. The fourth-order valence-electron chi connectivity index (χ4n) is 2.41. The van der Waals surface area contributed by atoms with Gasteiger partial charge in [-0.25, -0.2) is 0 Å². The van der Waals surface area contributed by atoms with E-state index in [9.17, 15) is 4.79 Å². The van der Waals surface area contributed by atoms with Gasteiger partial charge in [0.05, 0.1) is 18.3 Å². The van der Waals surface area contributed by atoms with Crippen molar-refractivity contribution in [3.05, 3.63) is 28.2 Å². The molecule has 1 aliphatic heterocycles. The minimum absolute atomic E-state index is 0.166. The predicted molar refractivity (Wildman–Crippen MR) is 81.6 cm³/mol. The summed E-state index contributed by atoms with van der Waals surface area (Å²) in [7, 11) is 3.80. The fraction of sp³-hybridized carbons (Fsp3) is 0.500. The quantitative estimate of drug-likeness (QED) is 0.917. The number of hydrogen-bond donors (Lipinski definition) is 1. The number of nitrogens with zero attached hydrogens (tertiary/aromatic N) is 2. The summed E-state index contributed by atoms with van der Waals surface area (Å²) in [5.74, 6) is 0.166. The zero-order valence-corrected chi connectivity index (χ0v) is 13.2. The van der Waals surface area contributed by atoms with Crippen LogP contribution in [0.15, 0.2) is 22.7 Å². The van der Waals surface area contributed by atoms with E-state index in [-0.39, 0.29) is 11.9 Å². The molecule has 0 aromatic heterocycles. The zero-order chi connectivity index (χ0) is 14.0. The SMILES string of the molecule is CNCC1CN(c2ccc(C)cc2Br)CC(=O)N1C. The minimum atomic E-state index is 0.166. The summed E-state index contributed by atoms with van der Waals surface area (Å²) >= 11 is 3.59. The Bertz CT molecular complexity index is 478. The first-order valence-corrected chi connectivity index (χ1v) is 7.23. The van der Waals surface area contributed by atoms with E-state index in [0.29, 0.717) is 6.54 Å². The van der Waals surface area contributed by atoms with Gasteiger partial charge in [0.15, 0.2) is 0 Å². The molecule has 1 saturated heterocycles. The van der Waals surface area contributed by atoms with Gasteiger partial charge in [0.1, 0.15) is 0 Å². The Labute approximate surface area is 122 Å². The second-order valence-electron chi connectivity index (χ2n) is 5.05. The van der Waals surface area contributed by atoms with Crippen molar-refractivity contribution in [2.24, 2.45) is 0 Å². The molecule has 2 rings (SSSR count). The van der Waals surface area contributed by atoms with Crippen molar-refractivity contribution in [3.8, 4) is 0 Å². The Morgan fingerprint density at radius 1 is 1.47 bits per heavy atom. The molecule has 1 amide bonds. The van der Waals surface area contributed by atoms with Crippen LogP contribution < -0.4 is 10.2 Å². The molecule has 1 aromatic carbocycles. The van der Waals surface area contributed by atoms with Gasteiger partial charge in [-0.2, -0.15) is 0 Å². The zero-order valence-electron chi connectivity index (χ0n) is 11.6. The second kappa shape index (κ2) is 5.92. The topological polar surface area (TPSA) is 35.6 Å². The summed E-state index contributed by atoms with van der Waals surface area (Å²) < 4.78 is 1.05. The monoisotopic (exact) mass is 325 g/mol. The fourth-order valence-corrected chi connectivity index (χ4v) is 3.15. The Balaban J connectivity index is 2.22. The first kappa shape index (κ1) is 14.3. The molecule has 1 unspecified atom stereocenters. The van der Waals surface area contributed by atoms with Gasteiger partial charge < -0.3 is 15.1 Å². The van der Waals surface area contributed by atoms with E-state index in [1.165, 1.54) is 5.56 Å². The largest absolute Gasteiger partial charge is 0.359 e. The van der Waals surface area contributed by atoms with Crippen molar-refractivity contribution in [1.29, 1.82) is 0 Å². The lowest BCUT2D eigenvalue weighted by Crippen LogP contribution is -2.57. The Morgan fingerprint density at radius 2 is 2.21 bits per heavy atom. The molecule has 1 N–H and O–H groups in total. The molecule has 1 atom stereocenters. The predicted octanol–water partition coefficient (Wildman–Crippen LogP) is 1.62. The molecule has 1 aliphatic rings. The van der Waals surface area contributed by atoms with Crippen molar-refractivity contribution in [3.63, 3.8) is 0 Å². The maximum absolute atomic E-state index is 12.1. The minimum Gasteiger partial charge on any atom is -0.359 e. The van der Waals surface area contributed by atoms with Crippen molar-refractivity contribution < 1.29 is 4.79 Å². The van der Waals surface area contributed by atoms with Crippen LogP contribution >= 0.6 is 15.9 Å². The lowest BCUT2D eigenvalue weighted by Gasteiger charge is -2.40. The van der Waals surface area contributed by atoms with Crippen LogP contribution in [0.3, 0.4) is 0 Å². The van der Waals surface area contributed by atoms with Crippen LogP contribution in [0.2, 0.25) is 0 Å². The molecule has 0 bridgehead atoms. The second-order valence-corrected chi connectivity index (χ2v) is 5.91. The smallest absolute Gasteiger partial charge is 0.242 e. The molecule has 4 nitrogen and oxygen atoms in total. The summed E-state index contributed by atoms with van der Waals surface area (Å²) in [5, 5.41) is 3.15. The number of hydrogen-bond acceptors (Lipinski definition) is 3. The van der Waals surface area contributed by atoms with E-state index in [0.717, 1.165) is 23.2 Å². The van der Waals surface area contributed by atoms with Gasteiger partial charge in [-0.05, 0) is 47.6 Å². The number of aryl methyl sites for hydroxylation is 1.